The van der Waals surface area contributed by atoms with Gasteiger partial charge in [0.15, 0.2) is 0 Å². The van der Waals surface area contributed by atoms with Crippen molar-refractivity contribution >= 4 is 46.1 Å². The Morgan fingerprint density at radius 2 is 1.91 bits per heavy atom. The van der Waals surface area contributed by atoms with Gasteiger partial charge in [0.2, 0.25) is 17.7 Å². The second-order valence-electron chi connectivity index (χ2n) is 9.04. The molecule has 1 saturated heterocycles. The van der Waals surface area contributed by atoms with Crippen LogP contribution >= 0.6 is 11.6 Å². The second-order valence-corrected chi connectivity index (χ2v) is 9.42. The number of carbonyl (C=O) groups is 4. The molecular weight excluding hydrogens is 465 g/mol. The molecule has 11 heteroatoms. The Labute approximate surface area is 200 Å². The molecule has 2 aliphatic rings. The Bertz CT molecular complexity index is 1130. The lowest BCUT2D eigenvalue weighted by molar-refractivity contribution is -0.131. The number of benzene rings is 1. The molecule has 0 bridgehead atoms. The van der Waals surface area contributed by atoms with Gasteiger partial charge in [-0.25, -0.2) is 4.39 Å². The Hall–Kier alpha value is -3.14. The van der Waals surface area contributed by atoms with E-state index in [4.69, 9.17) is 17.3 Å². The molecule has 4 amide bonds. The number of fused-ring (bicyclic) bond motifs is 1. The first-order valence-electron chi connectivity index (χ1n) is 11.4. The van der Waals surface area contributed by atoms with Crippen LogP contribution in [0.2, 0.25) is 5.02 Å². The minimum Gasteiger partial charge on any atom is -0.368 e. The van der Waals surface area contributed by atoms with Gasteiger partial charge >= 0.3 is 0 Å². The molecule has 182 valence electrons. The number of hydrogen-bond acceptors (Lipinski definition) is 4. The van der Waals surface area contributed by atoms with Crippen LogP contribution < -0.4 is 21.7 Å². The summed E-state index contributed by atoms with van der Waals surface area (Å²) >= 11 is 5.99. The van der Waals surface area contributed by atoms with E-state index in [2.05, 4.69) is 20.9 Å². The van der Waals surface area contributed by atoms with Crippen molar-refractivity contribution < 1.29 is 23.6 Å². The normalized spacial score (nSPS) is 19.8. The largest absolute Gasteiger partial charge is 0.368 e. The zero-order valence-corrected chi connectivity index (χ0v) is 19.2. The zero-order valence-electron chi connectivity index (χ0n) is 18.5. The number of H-pyrrole nitrogens is 1. The van der Waals surface area contributed by atoms with Crippen LogP contribution in [0.1, 0.15) is 49.0 Å². The third kappa shape index (κ3) is 5.49. The van der Waals surface area contributed by atoms with E-state index in [1.807, 2.05) is 0 Å². The molecule has 1 saturated carbocycles. The molecule has 1 aromatic carbocycles. The number of carbonyl (C=O) groups excluding carboxylic acids is 4. The molecule has 2 heterocycles. The van der Waals surface area contributed by atoms with Crippen LogP contribution in [-0.4, -0.2) is 47.2 Å². The fraction of sp³-hybridized carbons (Fsp3) is 0.478. The molecule has 1 aliphatic carbocycles. The van der Waals surface area contributed by atoms with E-state index in [0.29, 0.717) is 36.2 Å². The van der Waals surface area contributed by atoms with Crippen LogP contribution in [0.25, 0.3) is 10.9 Å². The Morgan fingerprint density at radius 1 is 1.15 bits per heavy atom. The van der Waals surface area contributed by atoms with Crippen LogP contribution in [0.3, 0.4) is 0 Å². The third-order valence-electron chi connectivity index (χ3n) is 6.40. The quantitative estimate of drug-likeness (QED) is 0.363. The van der Waals surface area contributed by atoms with Crippen molar-refractivity contribution in [1.29, 1.82) is 0 Å². The summed E-state index contributed by atoms with van der Waals surface area (Å²) in [5.74, 6) is -2.73. The van der Waals surface area contributed by atoms with Crippen molar-refractivity contribution in [3.8, 4) is 0 Å². The van der Waals surface area contributed by atoms with Gasteiger partial charge in [0, 0.05) is 23.4 Å². The van der Waals surface area contributed by atoms with Crippen molar-refractivity contribution in [2.75, 3.05) is 6.54 Å². The van der Waals surface area contributed by atoms with Gasteiger partial charge in [-0.3, -0.25) is 19.2 Å². The third-order valence-corrected chi connectivity index (χ3v) is 6.79. The van der Waals surface area contributed by atoms with E-state index >= 15 is 0 Å². The van der Waals surface area contributed by atoms with Crippen molar-refractivity contribution in [2.24, 2.45) is 17.6 Å². The van der Waals surface area contributed by atoms with Gasteiger partial charge in [-0.05, 0) is 49.8 Å². The van der Waals surface area contributed by atoms with Crippen molar-refractivity contribution in [2.45, 2.75) is 50.6 Å². The summed E-state index contributed by atoms with van der Waals surface area (Å²) in [6.07, 6.45) is 3.79. The van der Waals surface area contributed by atoms with Crippen LogP contribution in [0.15, 0.2) is 18.2 Å². The van der Waals surface area contributed by atoms with Crippen molar-refractivity contribution in [3.63, 3.8) is 0 Å². The smallest absolute Gasteiger partial charge is 0.268 e. The molecule has 0 radical (unpaired) electrons. The van der Waals surface area contributed by atoms with Gasteiger partial charge < -0.3 is 26.7 Å². The summed E-state index contributed by atoms with van der Waals surface area (Å²) in [6, 6.07) is 2.16. The minimum absolute atomic E-state index is 0.100. The number of aromatic amines is 1. The molecule has 6 N–H and O–H groups in total. The molecule has 2 fully saturated rings. The van der Waals surface area contributed by atoms with Crippen LogP contribution in [-0.2, 0) is 14.4 Å². The molecule has 1 aromatic heterocycles. The van der Waals surface area contributed by atoms with E-state index in [1.165, 1.54) is 18.2 Å². The number of primary amides is 1. The molecule has 1 aliphatic heterocycles. The van der Waals surface area contributed by atoms with Crippen LogP contribution in [0.4, 0.5) is 4.39 Å². The summed E-state index contributed by atoms with van der Waals surface area (Å²) < 4.78 is 13.7. The number of rotatable bonds is 9. The lowest BCUT2D eigenvalue weighted by Gasteiger charge is -2.27. The first kappa shape index (κ1) is 24.0. The molecular formula is C23H27ClFN5O4. The number of nitrogens with two attached hydrogens (primary N) is 1. The molecule has 4 rings (SSSR count). The van der Waals surface area contributed by atoms with Gasteiger partial charge in [0.1, 0.15) is 23.6 Å². The SMILES string of the molecule is NC(=O)C(C[C@@H]1CCCNC1=O)NC(=O)C(CC1CC1)NC(=O)c1cc2c(Cl)c(F)ccc2[nH]1. The minimum atomic E-state index is -1.03. The van der Waals surface area contributed by atoms with Gasteiger partial charge in [-0.1, -0.05) is 24.4 Å². The van der Waals surface area contributed by atoms with E-state index in [-0.39, 0.29) is 23.0 Å². The topological polar surface area (TPSA) is 146 Å². The fourth-order valence-corrected chi connectivity index (χ4v) is 4.50. The number of hydrogen-bond donors (Lipinski definition) is 5. The van der Waals surface area contributed by atoms with E-state index < -0.39 is 41.5 Å². The number of nitrogens with one attached hydrogen (secondary N) is 4. The number of halogens is 2. The first-order valence-corrected chi connectivity index (χ1v) is 11.8. The molecule has 0 spiro atoms. The monoisotopic (exact) mass is 491 g/mol. The Kier molecular flexibility index (Phi) is 7.06. The maximum absolute atomic E-state index is 13.7. The highest BCUT2D eigenvalue weighted by Crippen LogP contribution is 2.34. The van der Waals surface area contributed by atoms with Gasteiger partial charge in [0.05, 0.1) is 5.02 Å². The fourth-order valence-electron chi connectivity index (χ4n) is 4.28. The second kappa shape index (κ2) is 10.0. The summed E-state index contributed by atoms with van der Waals surface area (Å²) in [7, 11) is 0. The predicted molar refractivity (Wildman–Crippen MR) is 123 cm³/mol. The van der Waals surface area contributed by atoms with E-state index in [1.54, 1.807) is 0 Å². The molecule has 34 heavy (non-hydrogen) atoms. The first-order chi connectivity index (χ1) is 16.2. The highest BCUT2D eigenvalue weighted by atomic mass is 35.5. The van der Waals surface area contributed by atoms with Crippen LogP contribution in [0, 0.1) is 17.7 Å². The van der Waals surface area contributed by atoms with Crippen molar-refractivity contribution in [3.05, 3.63) is 34.7 Å². The van der Waals surface area contributed by atoms with Crippen LogP contribution in [0.5, 0.6) is 0 Å². The molecule has 2 aromatic rings. The average molecular weight is 492 g/mol. The number of aromatic nitrogens is 1. The lowest BCUT2D eigenvalue weighted by atomic mass is 9.91. The summed E-state index contributed by atoms with van der Waals surface area (Å²) in [5.41, 5.74) is 6.11. The number of amides is 4. The molecule has 9 nitrogen and oxygen atoms in total. The maximum Gasteiger partial charge on any atom is 0.268 e. The van der Waals surface area contributed by atoms with Gasteiger partial charge in [-0.2, -0.15) is 0 Å². The summed E-state index contributed by atoms with van der Waals surface area (Å²) in [5, 5.41) is 8.34. The lowest BCUT2D eigenvalue weighted by Crippen LogP contribution is -2.54. The van der Waals surface area contributed by atoms with E-state index in [9.17, 15) is 23.6 Å². The van der Waals surface area contributed by atoms with Gasteiger partial charge in [-0.15, -0.1) is 0 Å². The highest BCUT2D eigenvalue weighted by Gasteiger charge is 2.34. The van der Waals surface area contributed by atoms with E-state index in [0.717, 1.165) is 19.3 Å². The maximum atomic E-state index is 13.7. The highest BCUT2D eigenvalue weighted by molar-refractivity contribution is 6.35. The summed E-state index contributed by atoms with van der Waals surface area (Å²) in [4.78, 5) is 52.9. The summed E-state index contributed by atoms with van der Waals surface area (Å²) in [6.45, 7) is 0.587. The average Bonchev–Trinajstić information content (AvgIpc) is 3.51. The Balaban J connectivity index is 1.46. The number of piperidine rings is 1. The standard InChI is InChI=1S/C23H27ClFN5O4/c24-19-13-10-18(28-15(13)6-5-14(19)25)23(34)30-17(8-11-3-4-11)22(33)29-16(20(26)31)9-12-2-1-7-27-21(12)32/h5-6,10-12,16-17,28H,1-4,7-9H2,(H2,26,31)(H,27,32)(H,29,33)(H,30,34)/t12-,16?,17?/m0/s1. The zero-order chi connectivity index (χ0) is 24.4. The molecule has 3 atom stereocenters. The van der Waals surface area contributed by atoms with Gasteiger partial charge in [0.25, 0.3) is 5.91 Å². The Morgan fingerprint density at radius 3 is 2.59 bits per heavy atom. The molecule has 2 unspecified atom stereocenters. The predicted octanol–water partition coefficient (Wildman–Crippen LogP) is 1.75. The van der Waals surface area contributed by atoms with Crippen molar-refractivity contribution in [1.82, 2.24) is 20.9 Å².